The van der Waals surface area contributed by atoms with Gasteiger partial charge in [-0.25, -0.2) is 9.59 Å². The monoisotopic (exact) mass is 676 g/mol. The van der Waals surface area contributed by atoms with Crippen LogP contribution in [-0.2, 0) is 26.9 Å². The fourth-order valence-corrected chi connectivity index (χ4v) is 5.44. The molecule has 1 saturated heterocycles. The number of hydrogen-bond acceptors (Lipinski definition) is 9. The van der Waals surface area contributed by atoms with Gasteiger partial charge in [-0.1, -0.05) is 30.3 Å². The third-order valence-corrected chi connectivity index (χ3v) is 7.29. The Labute approximate surface area is 278 Å². The third kappa shape index (κ3) is 9.36. The van der Waals surface area contributed by atoms with Crippen LogP contribution in [0, 0.1) is 0 Å². The van der Waals surface area contributed by atoms with Crippen molar-refractivity contribution in [3.05, 3.63) is 65.5 Å². The summed E-state index contributed by atoms with van der Waals surface area (Å²) in [6.45, 7) is 11.2. The van der Waals surface area contributed by atoms with Crippen LogP contribution in [0.5, 0.6) is 5.75 Å². The molecule has 2 amide bonds. The first kappa shape index (κ1) is 36.4. The first-order chi connectivity index (χ1) is 22.5. The van der Waals surface area contributed by atoms with Gasteiger partial charge in [-0.15, -0.1) is 5.10 Å². The molecule has 0 N–H and O–H groups in total. The quantitative estimate of drug-likeness (QED) is 0.231. The van der Waals surface area contributed by atoms with Crippen molar-refractivity contribution in [3.8, 4) is 11.4 Å². The standard InChI is InChI=1S/C33H43F3N6O6/c1-31(2,3)47-29(43)40-17-11-14-25(27(40)22-12-9-8-10-13-22)41(30(44)48-32(4,5)6)21-23-20-24(15-16-26(23)46-19-18-45-7)42-28(33(34,35)36)37-38-39-42/h8-10,12-13,15-16,20,25,27H,11,14,17-19,21H2,1-7H3/t25-,27-/m0/s1. The van der Waals surface area contributed by atoms with E-state index in [0.29, 0.717) is 35.4 Å². The van der Waals surface area contributed by atoms with Crippen LogP contribution in [0.25, 0.3) is 5.69 Å². The van der Waals surface area contributed by atoms with Gasteiger partial charge in [0.05, 0.1) is 30.9 Å². The van der Waals surface area contributed by atoms with Crippen molar-refractivity contribution in [3.63, 3.8) is 0 Å². The van der Waals surface area contributed by atoms with Gasteiger partial charge in [-0.05, 0) is 88.6 Å². The Kier molecular flexibility index (Phi) is 11.2. The van der Waals surface area contributed by atoms with E-state index in [1.807, 2.05) is 30.3 Å². The van der Waals surface area contributed by atoms with Gasteiger partial charge in [0, 0.05) is 19.2 Å². The molecule has 1 aliphatic heterocycles. The Morgan fingerprint density at radius 3 is 2.27 bits per heavy atom. The average molecular weight is 677 g/mol. The topological polar surface area (TPSA) is 121 Å². The van der Waals surface area contributed by atoms with E-state index in [1.165, 1.54) is 30.2 Å². The van der Waals surface area contributed by atoms with Gasteiger partial charge < -0.3 is 18.9 Å². The Balaban J connectivity index is 1.85. The Morgan fingerprint density at radius 2 is 1.65 bits per heavy atom. The van der Waals surface area contributed by atoms with E-state index in [-0.39, 0.29) is 25.4 Å². The number of amides is 2. The van der Waals surface area contributed by atoms with Gasteiger partial charge in [0.1, 0.15) is 23.6 Å². The van der Waals surface area contributed by atoms with Gasteiger partial charge in [0.25, 0.3) is 5.82 Å². The molecule has 4 rings (SSSR count). The molecule has 15 heteroatoms. The van der Waals surface area contributed by atoms with Crippen molar-refractivity contribution in [2.45, 2.75) is 90.4 Å². The molecule has 2 aromatic carbocycles. The number of benzene rings is 2. The average Bonchev–Trinajstić information content (AvgIpc) is 3.50. The molecular weight excluding hydrogens is 633 g/mol. The molecule has 1 aromatic heterocycles. The van der Waals surface area contributed by atoms with E-state index < -0.39 is 47.5 Å². The highest BCUT2D eigenvalue weighted by Gasteiger charge is 2.43. The molecule has 12 nitrogen and oxygen atoms in total. The lowest BCUT2D eigenvalue weighted by Crippen LogP contribution is -2.54. The van der Waals surface area contributed by atoms with Crippen molar-refractivity contribution < 1.29 is 41.7 Å². The highest BCUT2D eigenvalue weighted by Crippen LogP contribution is 2.38. The summed E-state index contributed by atoms with van der Waals surface area (Å²) in [5.74, 6) is -1.00. The summed E-state index contributed by atoms with van der Waals surface area (Å²) in [5, 5.41) is 9.98. The van der Waals surface area contributed by atoms with Gasteiger partial charge in [-0.3, -0.25) is 9.80 Å². The fourth-order valence-electron chi connectivity index (χ4n) is 5.44. The first-order valence-electron chi connectivity index (χ1n) is 15.6. The molecule has 3 aromatic rings. The number of carbonyl (C=O) groups is 2. The number of aromatic nitrogens is 4. The van der Waals surface area contributed by atoms with Crippen LogP contribution >= 0.6 is 0 Å². The highest BCUT2D eigenvalue weighted by molar-refractivity contribution is 5.71. The number of carbonyl (C=O) groups excluding carboxylic acids is 2. The second-order valence-electron chi connectivity index (χ2n) is 13.4. The summed E-state index contributed by atoms with van der Waals surface area (Å²) in [5.41, 5.74) is -0.514. The molecule has 2 atom stereocenters. The molecule has 0 radical (unpaired) electrons. The maximum Gasteiger partial charge on any atom is 0.453 e. The fraction of sp³-hybridized carbons (Fsp3) is 0.545. The number of hydrogen-bond donors (Lipinski definition) is 0. The smallest absolute Gasteiger partial charge is 0.453 e. The number of ether oxygens (including phenoxy) is 4. The SMILES string of the molecule is COCCOc1ccc(-n2nnnc2C(F)(F)F)cc1CN(C(=O)OC(C)(C)C)[C@H]1CCCN(C(=O)OC(C)(C)C)[C@H]1c1ccccc1. The molecule has 262 valence electrons. The molecule has 0 unspecified atom stereocenters. The minimum absolute atomic E-state index is 0.00388. The minimum atomic E-state index is -4.82. The molecule has 2 heterocycles. The lowest BCUT2D eigenvalue weighted by Gasteiger charge is -2.46. The normalized spacial score (nSPS) is 17.2. The summed E-state index contributed by atoms with van der Waals surface area (Å²) in [6, 6.07) is 12.4. The minimum Gasteiger partial charge on any atom is -0.491 e. The van der Waals surface area contributed by atoms with Crippen LogP contribution in [0.2, 0.25) is 0 Å². The number of alkyl halides is 3. The molecule has 0 aliphatic carbocycles. The largest absolute Gasteiger partial charge is 0.491 e. The maximum absolute atomic E-state index is 14.1. The van der Waals surface area contributed by atoms with E-state index in [4.69, 9.17) is 18.9 Å². The molecule has 0 spiro atoms. The predicted molar refractivity (Wildman–Crippen MR) is 168 cm³/mol. The van der Waals surface area contributed by atoms with Crippen molar-refractivity contribution in [2.75, 3.05) is 26.9 Å². The molecular formula is C33H43F3N6O6. The number of halogens is 3. The number of rotatable bonds is 9. The lowest BCUT2D eigenvalue weighted by molar-refractivity contribution is -0.146. The molecule has 1 aliphatic rings. The van der Waals surface area contributed by atoms with Gasteiger partial charge in [-0.2, -0.15) is 17.9 Å². The molecule has 48 heavy (non-hydrogen) atoms. The van der Waals surface area contributed by atoms with Crippen molar-refractivity contribution in [1.82, 2.24) is 30.0 Å². The molecule has 0 saturated carbocycles. The van der Waals surface area contributed by atoms with Crippen LogP contribution in [0.3, 0.4) is 0 Å². The summed E-state index contributed by atoms with van der Waals surface area (Å²) in [6.07, 6.45) is -5.00. The van der Waals surface area contributed by atoms with Crippen molar-refractivity contribution in [2.24, 2.45) is 0 Å². The lowest BCUT2D eigenvalue weighted by atomic mass is 9.89. The first-order valence-corrected chi connectivity index (χ1v) is 15.6. The van der Waals surface area contributed by atoms with Crippen LogP contribution in [0.4, 0.5) is 22.8 Å². The van der Waals surface area contributed by atoms with E-state index in [0.717, 1.165) is 5.56 Å². The summed E-state index contributed by atoms with van der Waals surface area (Å²) >= 11 is 0. The Hall–Kier alpha value is -4.40. The summed E-state index contributed by atoms with van der Waals surface area (Å²) in [4.78, 5) is 30.9. The van der Waals surface area contributed by atoms with Crippen LogP contribution in [0.1, 0.15) is 77.4 Å². The van der Waals surface area contributed by atoms with Crippen LogP contribution < -0.4 is 4.74 Å². The predicted octanol–water partition coefficient (Wildman–Crippen LogP) is 6.58. The number of methoxy groups -OCH3 is 1. The highest BCUT2D eigenvalue weighted by atomic mass is 19.4. The second-order valence-corrected chi connectivity index (χ2v) is 13.4. The number of nitrogens with zero attached hydrogens (tertiary/aromatic N) is 6. The van der Waals surface area contributed by atoms with E-state index in [1.54, 1.807) is 46.4 Å². The third-order valence-electron chi connectivity index (χ3n) is 7.29. The second kappa shape index (κ2) is 14.8. The van der Waals surface area contributed by atoms with Gasteiger partial charge in [0.15, 0.2) is 0 Å². The summed E-state index contributed by atoms with van der Waals surface area (Å²) < 4.78 is 64.7. The van der Waals surface area contributed by atoms with E-state index >= 15 is 0 Å². The van der Waals surface area contributed by atoms with Crippen molar-refractivity contribution in [1.29, 1.82) is 0 Å². The summed E-state index contributed by atoms with van der Waals surface area (Å²) in [7, 11) is 1.51. The van der Waals surface area contributed by atoms with E-state index in [9.17, 15) is 22.8 Å². The molecule has 1 fully saturated rings. The van der Waals surface area contributed by atoms with Gasteiger partial charge >= 0.3 is 18.4 Å². The number of tetrazole rings is 1. The van der Waals surface area contributed by atoms with Gasteiger partial charge in [0.2, 0.25) is 0 Å². The Morgan fingerprint density at radius 1 is 0.958 bits per heavy atom. The maximum atomic E-state index is 14.1. The Bertz CT molecular complexity index is 1540. The van der Waals surface area contributed by atoms with Crippen LogP contribution in [-0.4, -0.2) is 86.3 Å². The molecule has 0 bridgehead atoms. The zero-order chi connectivity index (χ0) is 35.3. The van der Waals surface area contributed by atoms with Crippen molar-refractivity contribution >= 4 is 12.2 Å². The zero-order valence-corrected chi connectivity index (χ0v) is 28.3. The number of likely N-dealkylation sites (tertiary alicyclic amines) is 1. The van der Waals surface area contributed by atoms with E-state index in [2.05, 4.69) is 15.5 Å². The zero-order valence-electron chi connectivity index (χ0n) is 28.3. The number of piperidine rings is 1. The van der Waals surface area contributed by atoms with Crippen LogP contribution in [0.15, 0.2) is 48.5 Å².